The maximum atomic E-state index is 14.9. The first-order chi connectivity index (χ1) is 15.1. The maximum absolute atomic E-state index is 14.9. The number of rotatable bonds is 9. The van der Waals surface area contributed by atoms with Gasteiger partial charge in [-0.25, -0.2) is 9.32 Å². The van der Waals surface area contributed by atoms with Crippen LogP contribution in [0.3, 0.4) is 0 Å². The smallest absolute Gasteiger partial charge is 0.477 e. The van der Waals surface area contributed by atoms with E-state index < -0.39 is 31.2 Å². The van der Waals surface area contributed by atoms with Crippen molar-refractivity contribution in [3.63, 3.8) is 0 Å². The molecule has 1 aromatic heterocycles. The van der Waals surface area contributed by atoms with E-state index >= 15 is 0 Å². The minimum Gasteiger partial charge on any atom is -0.477 e. The summed E-state index contributed by atoms with van der Waals surface area (Å²) in [6.07, 6.45) is -0.309. The Kier molecular flexibility index (Phi) is 7.06. The van der Waals surface area contributed by atoms with Gasteiger partial charge in [0.1, 0.15) is 11.4 Å². The molecule has 0 amide bonds. The van der Waals surface area contributed by atoms with Gasteiger partial charge in [-0.2, -0.15) is 0 Å². The van der Waals surface area contributed by atoms with Gasteiger partial charge in [0.2, 0.25) is 5.75 Å². The van der Waals surface area contributed by atoms with Crippen LogP contribution in [0.2, 0.25) is 0 Å². The van der Waals surface area contributed by atoms with Crippen molar-refractivity contribution in [1.82, 2.24) is 0 Å². The Hall–Kier alpha value is -3.10. The van der Waals surface area contributed by atoms with E-state index in [1.165, 1.54) is 30.3 Å². The van der Waals surface area contributed by atoms with E-state index in [0.29, 0.717) is 10.1 Å². The predicted molar refractivity (Wildman–Crippen MR) is 117 cm³/mol. The second-order valence-electron chi connectivity index (χ2n) is 6.95. The van der Waals surface area contributed by atoms with Gasteiger partial charge in [0, 0.05) is 4.70 Å². The third-order valence-electron chi connectivity index (χ3n) is 4.16. The molecule has 0 bridgehead atoms. The molecule has 3 rings (SSSR count). The predicted octanol–water partition coefficient (Wildman–Crippen LogP) is 5.83. The van der Waals surface area contributed by atoms with Crippen molar-refractivity contribution in [2.45, 2.75) is 25.6 Å². The van der Waals surface area contributed by atoms with Gasteiger partial charge in [0.05, 0.1) is 17.4 Å². The number of aromatic carboxylic acids is 1. The average Bonchev–Trinajstić information content (AvgIpc) is 3.16. The molecule has 0 aliphatic rings. The van der Waals surface area contributed by atoms with Gasteiger partial charge in [0.15, 0.2) is 0 Å². The second-order valence-corrected chi connectivity index (χ2v) is 9.29. The first-order valence-corrected chi connectivity index (χ1v) is 11.4. The quantitative estimate of drug-likeness (QED) is 0.292. The fourth-order valence-corrected chi connectivity index (χ4v) is 4.44. The summed E-state index contributed by atoms with van der Waals surface area (Å²) < 4.78 is 52.9. The number of para-hydroxylation sites is 2. The number of nitrogens with one attached hydrogen (secondary N) is 1. The lowest BCUT2D eigenvalue weighted by molar-refractivity contribution is -0.145. The molecule has 0 saturated carbocycles. The van der Waals surface area contributed by atoms with Crippen LogP contribution in [0, 0.1) is 0 Å². The topological polar surface area (TPSA) is 102 Å². The van der Waals surface area contributed by atoms with E-state index in [0.717, 1.165) is 23.5 Å². The Balaban J connectivity index is 1.78. The number of halogens is 2. The van der Waals surface area contributed by atoms with Crippen LogP contribution in [0.15, 0.2) is 48.5 Å². The largest absolute Gasteiger partial charge is 0.640 e. The zero-order valence-electron chi connectivity index (χ0n) is 17.0. The number of hydrogen-bond acceptors (Lipinski definition) is 7. The molecule has 0 spiro atoms. The Morgan fingerprint density at radius 3 is 2.59 bits per heavy atom. The Morgan fingerprint density at radius 1 is 1.19 bits per heavy atom. The maximum Gasteiger partial charge on any atom is 0.640 e. The number of anilines is 1. The number of fused-ring (bicyclic) bond motifs is 1. The summed E-state index contributed by atoms with van der Waals surface area (Å²) >= 11 is 0.954. The van der Waals surface area contributed by atoms with Crippen molar-refractivity contribution >= 4 is 47.1 Å². The number of carbonyl (C=O) groups is 2. The summed E-state index contributed by atoms with van der Waals surface area (Å²) in [7, 11) is -3.55. The highest BCUT2D eigenvalue weighted by molar-refractivity contribution is 7.40. The molecule has 3 aromatic rings. The average molecular weight is 482 g/mol. The highest BCUT2D eigenvalue weighted by atomic mass is 32.1. The lowest BCUT2D eigenvalue weighted by atomic mass is 10.1. The molecule has 168 valence electrons. The van der Waals surface area contributed by atoms with Gasteiger partial charge in [-0.05, 0) is 60.2 Å². The summed E-state index contributed by atoms with van der Waals surface area (Å²) in [5.74, 6) is -1.82. The van der Waals surface area contributed by atoms with Crippen LogP contribution in [-0.4, -0.2) is 29.7 Å². The molecule has 0 saturated heterocycles. The first-order valence-electron chi connectivity index (χ1n) is 9.41. The van der Waals surface area contributed by atoms with Crippen LogP contribution < -0.4 is 9.84 Å². The van der Waals surface area contributed by atoms with Gasteiger partial charge < -0.3 is 15.2 Å². The van der Waals surface area contributed by atoms with Crippen LogP contribution in [0.5, 0.6) is 5.75 Å². The summed E-state index contributed by atoms with van der Waals surface area (Å²) in [6.45, 7) is 3.15. The number of alkyl halides is 2. The standard InChI is InChI=1S/C21H18F2NO6PS/c1-12(2)29-19(25)11-24-15-5-3-4-6-16(15)30-31(28)21(22,23)14-7-8-17-13(9-14)10-18(32-17)20(26)27/h3-10,12,24H,11H2,1-2H3/p+1. The minimum absolute atomic E-state index is 0.0112. The number of carboxylic acid groups (broad SMARTS) is 1. The number of benzene rings is 2. The van der Waals surface area contributed by atoms with Crippen molar-refractivity contribution in [3.8, 4) is 5.75 Å². The van der Waals surface area contributed by atoms with Gasteiger partial charge in [-0.15, -0.1) is 20.1 Å². The second kappa shape index (κ2) is 9.58. The zero-order valence-corrected chi connectivity index (χ0v) is 18.7. The molecule has 1 unspecified atom stereocenters. The summed E-state index contributed by atoms with van der Waals surface area (Å²) in [6, 6.07) is 10.8. The Labute approximate surface area is 186 Å². The molecule has 0 fully saturated rings. The van der Waals surface area contributed by atoms with E-state index in [1.54, 1.807) is 19.9 Å². The summed E-state index contributed by atoms with van der Waals surface area (Å²) in [5, 5.41) is 12.1. The van der Waals surface area contributed by atoms with E-state index in [1.807, 2.05) is 0 Å². The molecule has 32 heavy (non-hydrogen) atoms. The van der Waals surface area contributed by atoms with Gasteiger partial charge >= 0.3 is 25.6 Å². The molecule has 11 heteroatoms. The minimum atomic E-state index is -3.85. The van der Waals surface area contributed by atoms with Crippen molar-refractivity contribution in [3.05, 3.63) is 59.0 Å². The number of carbonyl (C=O) groups excluding carboxylic acids is 1. The van der Waals surface area contributed by atoms with Crippen LogP contribution in [0.1, 0.15) is 29.1 Å². The van der Waals surface area contributed by atoms with Crippen molar-refractivity contribution < 1.29 is 37.3 Å². The van der Waals surface area contributed by atoms with Crippen molar-refractivity contribution in [1.29, 1.82) is 0 Å². The fraction of sp³-hybridized carbons (Fsp3) is 0.238. The normalized spacial score (nSPS) is 12.0. The van der Waals surface area contributed by atoms with Crippen LogP contribution in [-0.2, 0) is 19.8 Å². The van der Waals surface area contributed by atoms with Gasteiger partial charge in [-0.1, -0.05) is 12.1 Å². The monoisotopic (exact) mass is 482 g/mol. The Morgan fingerprint density at radius 2 is 1.91 bits per heavy atom. The SMILES string of the molecule is CC(C)OC(=O)CNc1ccccc1O[P+](=O)C(F)(F)c1ccc2sc(C(=O)O)cc2c1. The molecule has 1 atom stereocenters. The lowest BCUT2D eigenvalue weighted by Gasteiger charge is -2.11. The number of carboxylic acids is 1. The van der Waals surface area contributed by atoms with Crippen molar-refractivity contribution in [2.75, 3.05) is 11.9 Å². The van der Waals surface area contributed by atoms with E-state index in [4.69, 9.17) is 14.4 Å². The van der Waals surface area contributed by atoms with E-state index in [2.05, 4.69) is 5.32 Å². The molecular weight excluding hydrogens is 463 g/mol. The molecule has 0 aliphatic carbocycles. The highest BCUT2D eigenvalue weighted by Gasteiger charge is 2.57. The molecule has 0 radical (unpaired) electrons. The first kappa shape index (κ1) is 23.6. The van der Waals surface area contributed by atoms with Gasteiger partial charge in [-0.3, -0.25) is 4.79 Å². The Bertz CT molecular complexity index is 1180. The molecule has 2 N–H and O–H groups in total. The van der Waals surface area contributed by atoms with Crippen LogP contribution in [0.4, 0.5) is 14.5 Å². The van der Waals surface area contributed by atoms with Crippen LogP contribution >= 0.6 is 19.4 Å². The van der Waals surface area contributed by atoms with Crippen molar-refractivity contribution in [2.24, 2.45) is 0 Å². The van der Waals surface area contributed by atoms with E-state index in [9.17, 15) is 22.9 Å². The van der Waals surface area contributed by atoms with Crippen LogP contribution in [0.25, 0.3) is 10.1 Å². The zero-order chi connectivity index (χ0) is 23.5. The molecule has 1 heterocycles. The lowest BCUT2D eigenvalue weighted by Crippen LogP contribution is -2.20. The summed E-state index contributed by atoms with van der Waals surface area (Å²) in [4.78, 5) is 22.8. The number of esters is 1. The molecule has 2 aromatic carbocycles. The number of thiophene rings is 1. The molecular formula is C21H19F2NO6PS+. The summed E-state index contributed by atoms with van der Waals surface area (Å²) in [5.41, 5.74) is -4.21. The van der Waals surface area contributed by atoms with E-state index in [-0.39, 0.29) is 29.0 Å². The fourth-order valence-electron chi connectivity index (χ4n) is 2.75. The number of hydrogen-bond donors (Lipinski definition) is 2. The number of ether oxygens (including phenoxy) is 1. The third kappa shape index (κ3) is 5.38. The van der Waals surface area contributed by atoms with Gasteiger partial charge in [0.25, 0.3) is 0 Å². The molecule has 0 aliphatic heterocycles. The third-order valence-corrected chi connectivity index (χ3v) is 6.35. The molecule has 7 nitrogen and oxygen atoms in total. The highest BCUT2D eigenvalue weighted by Crippen LogP contribution is 2.52.